The van der Waals surface area contributed by atoms with Gasteiger partial charge in [0.2, 0.25) is 5.91 Å². The third-order valence-electron chi connectivity index (χ3n) is 3.87. The molecular weight excluding hydrogens is 280 g/mol. The van der Waals surface area contributed by atoms with E-state index in [2.05, 4.69) is 22.8 Å². The van der Waals surface area contributed by atoms with Crippen molar-refractivity contribution in [2.45, 2.75) is 50.5 Å². The summed E-state index contributed by atoms with van der Waals surface area (Å²) in [6.07, 6.45) is 6.17. The lowest BCUT2D eigenvalue weighted by atomic mass is 9.73. The predicted molar refractivity (Wildman–Crippen MR) is 83.0 cm³/mol. The van der Waals surface area contributed by atoms with Crippen LogP contribution in [0.1, 0.15) is 43.9 Å². The number of carbonyl (C=O) groups excluding carboxylic acids is 1. The minimum absolute atomic E-state index is 0. The van der Waals surface area contributed by atoms with Crippen LogP contribution in [0.3, 0.4) is 0 Å². The van der Waals surface area contributed by atoms with Crippen molar-refractivity contribution in [2.24, 2.45) is 5.73 Å². The number of thiophene rings is 1. The van der Waals surface area contributed by atoms with Gasteiger partial charge in [0.25, 0.3) is 0 Å². The molecule has 5 heteroatoms. The molecule has 1 saturated carbocycles. The summed E-state index contributed by atoms with van der Waals surface area (Å²) in [5, 5.41) is 5.15. The Balaban J connectivity index is 0.00000180. The molecule has 0 spiro atoms. The number of carbonyl (C=O) groups is 1. The Kier molecular flexibility index (Phi) is 6.30. The number of halogens is 1. The molecule has 1 aliphatic rings. The van der Waals surface area contributed by atoms with Crippen LogP contribution in [0.5, 0.6) is 0 Å². The van der Waals surface area contributed by atoms with Crippen molar-refractivity contribution in [3.05, 3.63) is 22.4 Å². The molecule has 0 radical (unpaired) electrons. The van der Waals surface area contributed by atoms with Crippen molar-refractivity contribution in [3.8, 4) is 0 Å². The Morgan fingerprint density at radius 3 is 2.68 bits per heavy atom. The molecule has 3 N–H and O–H groups in total. The lowest BCUT2D eigenvalue weighted by molar-refractivity contribution is -0.122. The number of nitrogens with one attached hydrogen (secondary N) is 1. The molecule has 1 atom stereocenters. The van der Waals surface area contributed by atoms with E-state index in [4.69, 9.17) is 5.73 Å². The van der Waals surface area contributed by atoms with Crippen molar-refractivity contribution in [1.82, 2.24) is 5.32 Å². The minimum Gasteiger partial charge on any atom is -0.354 e. The molecule has 1 aromatic heterocycles. The lowest BCUT2D eigenvalue weighted by Crippen LogP contribution is -2.46. The summed E-state index contributed by atoms with van der Waals surface area (Å²) in [5.74, 6) is -0.0449. The summed E-state index contributed by atoms with van der Waals surface area (Å²) in [5.41, 5.74) is 5.75. The highest BCUT2D eigenvalue weighted by molar-refractivity contribution is 7.10. The van der Waals surface area contributed by atoms with Crippen LogP contribution in [-0.4, -0.2) is 18.5 Å². The highest BCUT2D eigenvalue weighted by Crippen LogP contribution is 2.41. The van der Waals surface area contributed by atoms with E-state index in [1.807, 2.05) is 0 Å². The Morgan fingerprint density at radius 1 is 1.47 bits per heavy atom. The molecule has 1 heterocycles. The molecule has 1 fully saturated rings. The zero-order valence-electron chi connectivity index (χ0n) is 11.4. The highest BCUT2D eigenvalue weighted by Gasteiger charge is 2.35. The molecule has 0 aromatic carbocycles. The number of hydrogen-bond acceptors (Lipinski definition) is 3. The van der Waals surface area contributed by atoms with E-state index in [9.17, 15) is 4.79 Å². The van der Waals surface area contributed by atoms with Crippen LogP contribution in [-0.2, 0) is 10.2 Å². The summed E-state index contributed by atoms with van der Waals surface area (Å²) < 4.78 is 0. The predicted octanol–water partition coefficient (Wildman–Crippen LogP) is 2.84. The fourth-order valence-electron chi connectivity index (χ4n) is 2.74. The van der Waals surface area contributed by atoms with E-state index < -0.39 is 6.04 Å². The average molecular weight is 303 g/mol. The first kappa shape index (κ1) is 16.5. The van der Waals surface area contributed by atoms with Crippen LogP contribution in [0.15, 0.2) is 17.5 Å². The van der Waals surface area contributed by atoms with Gasteiger partial charge in [0, 0.05) is 16.8 Å². The van der Waals surface area contributed by atoms with Gasteiger partial charge < -0.3 is 11.1 Å². The van der Waals surface area contributed by atoms with Crippen LogP contribution in [0.2, 0.25) is 0 Å². The van der Waals surface area contributed by atoms with Gasteiger partial charge in [-0.2, -0.15) is 0 Å². The summed E-state index contributed by atoms with van der Waals surface area (Å²) >= 11 is 1.81. The molecule has 1 amide bonds. The maximum absolute atomic E-state index is 11.7. The number of hydrogen-bond donors (Lipinski definition) is 2. The van der Waals surface area contributed by atoms with E-state index in [0.29, 0.717) is 0 Å². The first-order chi connectivity index (χ1) is 8.64. The van der Waals surface area contributed by atoms with E-state index in [0.717, 1.165) is 6.54 Å². The second-order valence-corrected chi connectivity index (χ2v) is 6.27. The van der Waals surface area contributed by atoms with Crippen molar-refractivity contribution < 1.29 is 4.79 Å². The molecule has 0 saturated heterocycles. The highest BCUT2D eigenvalue weighted by atomic mass is 35.5. The Bertz CT molecular complexity index is 386. The van der Waals surface area contributed by atoms with Gasteiger partial charge in [0.15, 0.2) is 0 Å². The van der Waals surface area contributed by atoms with Crippen LogP contribution < -0.4 is 11.1 Å². The molecule has 108 valence electrons. The fourth-order valence-corrected chi connectivity index (χ4v) is 3.72. The van der Waals surface area contributed by atoms with E-state index in [1.54, 1.807) is 18.3 Å². The maximum atomic E-state index is 11.7. The quantitative estimate of drug-likeness (QED) is 0.898. The lowest BCUT2D eigenvalue weighted by Gasteiger charge is -2.37. The molecule has 1 aromatic rings. The molecule has 19 heavy (non-hydrogen) atoms. The third-order valence-corrected chi connectivity index (χ3v) is 4.99. The van der Waals surface area contributed by atoms with Crippen molar-refractivity contribution >= 4 is 29.7 Å². The van der Waals surface area contributed by atoms with E-state index in [1.165, 1.54) is 37.0 Å². The molecule has 0 unspecified atom stereocenters. The number of amides is 1. The summed E-state index contributed by atoms with van der Waals surface area (Å²) in [6.45, 7) is 2.46. The third kappa shape index (κ3) is 3.94. The molecule has 3 nitrogen and oxygen atoms in total. The van der Waals surface area contributed by atoms with Gasteiger partial charge in [-0.3, -0.25) is 4.79 Å². The summed E-state index contributed by atoms with van der Waals surface area (Å²) in [7, 11) is 0. The second kappa shape index (κ2) is 7.27. The monoisotopic (exact) mass is 302 g/mol. The van der Waals surface area contributed by atoms with Crippen molar-refractivity contribution in [1.29, 1.82) is 0 Å². The van der Waals surface area contributed by atoms with Crippen LogP contribution in [0.4, 0.5) is 0 Å². The van der Waals surface area contributed by atoms with Gasteiger partial charge in [0.1, 0.15) is 0 Å². The Morgan fingerprint density at radius 2 is 2.16 bits per heavy atom. The average Bonchev–Trinajstić information content (AvgIpc) is 2.91. The maximum Gasteiger partial charge on any atom is 0.236 e. The Labute approximate surface area is 125 Å². The van der Waals surface area contributed by atoms with Crippen molar-refractivity contribution in [2.75, 3.05) is 6.54 Å². The summed E-state index contributed by atoms with van der Waals surface area (Å²) in [4.78, 5) is 13.1. The fraction of sp³-hybridized carbons (Fsp3) is 0.643. The molecule has 0 aliphatic heterocycles. The largest absolute Gasteiger partial charge is 0.354 e. The topological polar surface area (TPSA) is 55.1 Å². The normalized spacial score (nSPS) is 19.3. The first-order valence-corrected chi connectivity index (χ1v) is 7.59. The molecular formula is C14H23ClN2OS. The first-order valence-electron chi connectivity index (χ1n) is 6.71. The zero-order valence-corrected chi connectivity index (χ0v) is 13.0. The minimum atomic E-state index is -0.422. The Hall–Kier alpha value is -0.580. The van der Waals surface area contributed by atoms with Gasteiger partial charge in [-0.1, -0.05) is 25.3 Å². The molecule has 2 rings (SSSR count). The smallest absolute Gasteiger partial charge is 0.236 e. The molecule has 0 bridgehead atoms. The summed E-state index contributed by atoms with van der Waals surface area (Å²) in [6, 6.07) is 3.88. The SMILES string of the molecule is C[C@@H](N)C(=O)NCC1(c2cccs2)CCCCC1.Cl. The second-order valence-electron chi connectivity index (χ2n) is 5.32. The number of nitrogens with two attached hydrogens (primary N) is 1. The van der Waals surface area contributed by atoms with Gasteiger partial charge in [0.05, 0.1) is 6.04 Å². The van der Waals surface area contributed by atoms with Gasteiger partial charge in [-0.05, 0) is 31.2 Å². The number of rotatable bonds is 4. The van der Waals surface area contributed by atoms with Gasteiger partial charge >= 0.3 is 0 Å². The van der Waals surface area contributed by atoms with Gasteiger partial charge in [-0.15, -0.1) is 23.7 Å². The van der Waals surface area contributed by atoms with E-state index in [-0.39, 0.29) is 23.7 Å². The molecule has 1 aliphatic carbocycles. The standard InChI is InChI=1S/C14H22N2OS.ClH/c1-11(15)13(17)16-10-14(7-3-2-4-8-14)12-6-5-9-18-12;/h5-6,9,11H,2-4,7-8,10,15H2,1H3,(H,16,17);1H/t11-;/m1./s1. The zero-order chi connectivity index (χ0) is 13.0. The van der Waals surface area contributed by atoms with Crippen LogP contribution in [0, 0.1) is 0 Å². The van der Waals surface area contributed by atoms with E-state index >= 15 is 0 Å². The van der Waals surface area contributed by atoms with Gasteiger partial charge in [-0.25, -0.2) is 0 Å². The van der Waals surface area contributed by atoms with Crippen LogP contribution >= 0.6 is 23.7 Å². The van der Waals surface area contributed by atoms with Crippen LogP contribution in [0.25, 0.3) is 0 Å². The van der Waals surface area contributed by atoms with Crippen molar-refractivity contribution in [3.63, 3.8) is 0 Å².